The molecule has 0 fully saturated rings. The Labute approximate surface area is 80.7 Å². The summed E-state index contributed by atoms with van der Waals surface area (Å²) in [6.07, 6.45) is 2.18. The van der Waals surface area contributed by atoms with Crippen LogP contribution >= 0.6 is 0 Å². The smallest absolute Gasteiger partial charge is 0.0361 e. The van der Waals surface area contributed by atoms with Crippen LogP contribution in [0.4, 0.5) is 5.69 Å². The molecule has 70 valence electrons. The van der Waals surface area contributed by atoms with Gasteiger partial charge < -0.3 is 4.90 Å². The quantitative estimate of drug-likeness (QED) is 0.667. The molecule has 0 atom stereocenters. The van der Waals surface area contributed by atoms with Gasteiger partial charge in [0, 0.05) is 19.8 Å². The van der Waals surface area contributed by atoms with Gasteiger partial charge in [0.1, 0.15) is 0 Å². The fraction of sp³-hybridized carbons (Fsp3) is 0.333. The highest BCUT2D eigenvalue weighted by atomic mass is 15.1. The monoisotopic (exact) mass is 175 g/mol. The van der Waals surface area contributed by atoms with Gasteiger partial charge in [0.05, 0.1) is 0 Å². The summed E-state index contributed by atoms with van der Waals surface area (Å²) in [7, 11) is 4.10. The van der Waals surface area contributed by atoms with Gasteiger partial charge in [-0.2, -0.15) is 0 Å². The van der Waals surface area contributed by atoms with Crippen LogP contribution in [0.1, 0.15) is 19.4 Å². The molecule has 0 spiro atoms. The van der Waals surface area contributed by atoms with E-state index in [9.17, 15) is 0 Å². The lowest BCUT2D eigenvalue weighted by Gasteiger charge is -2.11. The molecule has 0 saturated carbocycles. The van der Waals surface area contributed by atoms with Gasteiger partial charge in [0.25, 0.3) is 0 Å². The average Bonchev–Trinajstić information content (AvgIpc) is 2.04. The van der Waals surface area contributed by atoms with E-state index in [1.807, 2.05) is 0 Å². The third-order valence-corrected chi connectivity index (χ3v) is 1.86. The van der Waals surface area contributed by atoms with Gasteiger partial charge in [0.15, 0.2) is 0 Å². The zero-order valence-corrected chi connectivity index (χ0v) is 8.83. The number of allylic oxidation sites excluding steroid dienone is 1. The Morgan fingerprint density at radius 1 is 1.08 bits per heavy atom. The van der Waals surface area contributed by atoms with E-state index in [1.165, 1.54) is 16.8 Å². The highest BCUT2D eigenvalue weighted by Gasteiger charge is 1.93. The number of rotatable bonds is 2. The van der Waals surface area contributed by atoms with Crippen LogP contribution in [0.5, 0.6) is 0 Å². The SMILES string of the molecule is CC(C)=Cc1ccc(N(C)C)cc1. The van der Waals surface area contributed by atoms with E-state index in [0.717, 1.165) is 0 Å². The second-order valence-electron chi connectivity index (χ2n) is 3.71. The second kappa shape index (κ2) is 4.13. The third-order valence-electron chi connectivity index (χ3n) is 1.86. The minimum absolute atomic E-state index is 1.24. The maximum absolute atomic E-state index is 2.18. The standard InChI is InChI=1S/C12H17N/c1-10(2)9-11-5-7-12(8-6-11)13(3)4/h5-9H,1-4H3. The fourth-order valence-electron chi connectivity index (χ4n) is 1.20. The minimum Gasteiger partial charge on any atom is -0.378 e. The molecule has 0 aromatic heterocycles. The van der Waals surface area contributed by atoms with Gasteiger partial charge >= 0.3 is 0 Å². The summed E-state index contributed by atoms with van der Waals surface area (Å²) in [5, 5.41) is 0. The molecule has 0 aliphatic heterocycles. The van der Waals surface area contributed by atoms with E-state index in [2.05, 4.69) is 63.2 Å². The Morgan fingerprint density at radius 2 is 1.62 bits per heavy atom. The number of hydrogen-bond acceptors (Lipinski definition) is 1. The summed E-state index contributed by atoms with van der Waals surface area (Å²) < 4.78 is 0. The molecular weight excluding hydrogens is 158 g/mol. The van der Waals surface area contributed by atoms with Gasteiger partial charge in [0.2, 0.25) is 0 Å². The Morgan fingerprint density at radius 3 is 2.00 bits per heavy atom. The van der Waals surface area contributed by atoms with Crippen LogP contribution in [-0.2, 0) is 0 Å². The molecular formula is C12H17N. The van der Waals surface area contributed by atoms with Crippen LogP contribution in [0.3, 0.4) is 0 Å². The molecule has 13 heavy (non-hydrogen) atoms. The normalized spacial score (nSPS) is 9.54. The van der Waals surface area contributed by atoms with Crippen LogP contribution in [0.2, 0.25) is 0 Å². The molecule has 0 amide bonds. The summed E-state index contributed by atoms with van der Waals surface area (Å²) in [6, 6.07) is 8.55. The topological polar surface area (TPSA) is 3.24 Å². The number of benzene rings is 1. The van der Waals surface area contributed by atoms with Crippen molar-refractivity contribution in [3.8, 4) is 0 Å². The van der Waals surface area contributed by atoms with Crippen molar-refractivity contribution in [1.82, 2.24) is 0 Å². The summed E-state index contributed by atoms with van der Waals surface area (Å²) in [6.45, 7) is 4.22. The van der Waals surface area contributed by atoms with E-state index in [1.54, 1.807) is 0 Å². The highest BCUT2D eigenvalue weighted by molar-refractivity contribution is 5.56. The van der Waals surface area contributed by atoms with Crippen LogP contribution in [0.25, 0.3) is 6.08 Å². The van der Waals surface area contributed by atoms with Crippen molar-refractivity contribution >= 4 is 11.8 Å². The summed E-state index contributed by atoms with van der Waals surface area (Å²) in [5.74, 6) is 0. The summed E-state index contributed by atoms with van der Waals surface area (Å²) in [5.41, 5.74) is 3.84. The highest BCUT2D eigenvalue weighted by Crippen LogP contribution is 2.14. The first-order valence-electron chi connectivity index (χ1n) is 4.52. The lowest BCUT2D eigenvalue weighted by atomic mass is 10.1. The first kappa shape index (κ1) is 9.85. The molecule has 0 unspecified atom stereocenters. The van der Waals surface area contributed by atoms with E-state index < -0.39 is 0 Å². The number of hydrogen-bond donors (Lipinski definition) is 0. The maximum Gasteiger partial charge on any atom is 0.0361 e. The molecule has 0 bridgehead atoms. The largest absolute Gasteiger partial charge is 0.378 e. The molecule has 1 rings (SSSR count). The molecule has 0 heterocycles. The van der Waals surface area contributed by atoms with Crippen molar-refractivity contribution in [2.24, 2.45) is 0 Å². The van der Waals surface area contributed by atoms with Gasteiger partial charge in [-0.05, 0) is 31.5 Å². The van der Waals surface area contributed by atoms with Crippen LogP contribution < -0.4 is 4.90 Å². The third kappa shape index (κ3) is 2.94. The van der Waals surface area contributed by atoms with Crippen molar-refractivity contribution < 1.29 is 0 Å². The molecule has 1 aromatic carbocycles. The molecule has 0 aliphatic carbocycles. The van der Waals surface area contributed by atoms with Crippen molar-refractivity contribution in [2.45, 2.75) is 13.8 Å². The average molecular weight is 175 g/mol. The first-order chi connectivity index (χ1) is 6.09. The summed E-state index contributed by atoms with van der Waals surface area (Å²) >= 11 is 0. The van der Waals surface area contributed by atoms with Crippen LogP contribution in [-0.4, -0.2) is 14.1 Å². The second-order valence-corrected chi connectivity index (χ2v) is 3.71. The van der Waals surface area contributed by atoms with Crippen molar-refractivity contribution in [3.05, 3.63) is 35.4 Å². The zero-order valence-electron chi connectivity index (χ0n) is 8.83. The molecule has 1 nitrogen and oxygen atoms in total. The number of nitrogens with zero attached hydrogens (tertiary/aromatic N) is 1. The molecule has 0 saturated heterocycles. The minimum atomic E-state index is 1.24. The van der Waals surface area contributed by atoms with E-state index in [4.69, 9.17) is 0 Å². The predicted molar refractivity (Wildman–Crippen MR) is 60.1 cm³/mol. The van der Waals surface area contributed by atoms with E-state index in [0.29, 0.717) is 0 Å². The van der Waals surface area contributed by atoms with Gasteiger partial charge in [-0.25, -0.2) is 0 Å². The van der Waals surface area contributed by atoms with Crippen LogP contribution in [0, 0.1) is 0 Å². The predicted octanol–water partition coefficient (Wildman–Crippen LogP) is 3.18. The lowest BCUT2D eigenvalue weighted by Crippen LogP contribution is -2.07. The fourth-order valence-corrected chi connectivity index (χ4v) is 1.20. The Balaban J connectivity index is 2.88. The Bertz CT molecular complexity index is 289. The lowest BCUT2D eigenvalue weighted by molar-refractivity contribution is 1.13. The molecule has 0 N–H and O–H groups in total. The van der Waals surface area contributed by atoms with Gasteiger partial charge in [-0.3, -0.25) is 0 Å². The van der Waals surface area contributed by atoms with Crippen molar-refractivity contribution in [1.29, 1.82) is 0 Å². The van der Waals surface area contributed by atoms with Crippen molar-refractivity contribution in [3.63, 3.8) is 0 Å². The number of anilines is 1. The first-order valence-corrected chi connectivity index (χ1v) is 4.52. The Hall–Kier alpha value is -1.24. The molecule has 1 heteroatoms. The van der Waals surface area contributed by atoms with Gasteiger partial charge in [-0.1, -0.05) is 23.8 Å². The zero-order chi connectivity index (χ0) is 9.84. The summed E-state index contributed by atoms with van der Waals surface area (Å²) in [4.78, 5) is 2.10. The Kier molecular flexibility index (Phi) is 3.13. The van der Waals surface area contributed by atoms with Gasteiger partial charge in [-0.15, -0.1) is 0 Å². The maximum atomic E-state index is 2.18. The van der Waals surface area contributed by atoms with Crippen molar-refractivity contribution in [2.75, 3.05) is 19.0 Å². The molecule has 1 aromatic rings. The van der Waals surface area contributed by atoms with E-state index >= 15 is 0 Å². The van der Waals surface area contributed by atoms with E-state index in [-0.39, 0.29) is 0 Å². The molecule has 0 aliphatic rings. The van der Waals surface area contributed by atoms with Crippen LogP contribution in [0.15, 0.2) is 29.8 Å². The molecule has 0 radical (unpaired) electrons.